The van der Waals surface area contributed by atoms with Crippen LogP contribution in [0.2, 0.25) is 0 Å². The smallest absolute Gasteiger partial charge is 0.308 e. The molecule has 244 valence electrons. The second-order valence-electron chi connectivity index (χ2n) is 12.0. The summed E-state index contributed by atoms with van der Waals surface area (Å²) < 4.78 is 12.5. The number of rotatable bonds is 6. The van der Waals surface area contributed by atoms with Gasteiger partial charge in [0.2, 0.25) is 0 Å². The Morgan fingerprint density at radius 2 is 1.15 bits per heavy atom. The fraction of sp³-hybridized carbons (Fsp3) is 0.250. The number of alkyl halides is 2. The van der Waals surface area contributed by atoms with Crippen molar-refractivity contribution in [3.05, 3.63) is 89.2 Å². The van der Waals surface area contributed by atoms with Crippen LogP contribution in [0.25, 0.3) is 21.5 Å². The van der Waals surface area contributed by atoms with E-state index in [-0.39, 0.29) is 47.4 Å². The highest BCUT2D eigenvalue weighted by atomic mass is 35.5. The van der Waals surface area contributed by atoms with E-state index in [0.29, 0.717) is 29.4 Å². The predicted octanol–water partition coefficient (Wildman–Crippen LogP) is 6.54. The van der Waals surface area contributed by atoms with Crippen LogP contribution in [0, 0.1) is 0 Å². The van der Waals surface area contributed by atoms with Crippen LogP contribution in [-0.4, -0.2) is 58.4 Å². The summed E-state index contributed by atoms with van der Waals surface area (Å²) in [5.41, 5.74) is 3.18. The summed E-state index contributed by atoms with van der Waals surface area (Å²) in [7, 11) is 1.61. The van der Waals surface area contributed by atoms with Crippen LogP contribution in [0.4, 0.5) is 11.4 Å². The van der Waals surface area contributed by atoms with Crippen molar-refractivity contribution in [2.24, 2.45) is 7.05 Å². The van der Waals surface area contributed by atoms with Crippen LogP contribution in [0.3, 0.4) is 0 Å². The molecular weight excluding hydrogens is 655 g/mol. The van der Waals surface area contributed by atoms with Crippen LogP contribution in [0.1, 0.15) is 57.8 Å². The van der Waals surface area contributed by atoms with Gasteiger partial charge in [0, 0.05) is 86.6 Å². The largest absolute Gasteiger partial charge is 0.426 e. The number of halogens is 2. The number of fused-ring (bicyclic) bond motifs is 6. The van der Waals surface area contributed by atoms with Crippen molar-refractivity contribution >= 4 is 79.9 Å². The average Bonchev–Trinajstić information content (AvgIpc) is 3.77. The molecule has 2 atom stereocenters. The Hall–Kier alpha value is -4.93. The highest BCUT2D eigenvalue weighted by Crippen LogP contribution is 2.47. The summed E-state index contributed by atoms with van der Waals surface area (Å²) in [6.07, 6.45) is 0. The van der Waals surface area contributed by atoms with Crippen molar-refractivity contribution in [3.63, 3.8) is 0 Å². The molecule has 2 aliphatic heterocycles. The molecule has 12 heteroatoms. The zero-order valence-corrected chi connectivity index (χ0v) is 27.8. The van der Waals surface area contributed by atoms with E-state index < -0.39 is 17.8 Å². The molecular formula is C36H30Cl2N4O6. The number of nitrogens with zero attached hydrogens (tertiary/aromatic N) is 4. The molecule has 48 heavy (non-hydrogen) atoms. The summed E-state index contributed by atoms with van der Waals surface area (Å²) in [4.78, 5) is 55.5. The van der Waals surface area contributed by atoms with Gasteiger partial charge in [-0.25, -0.2) is 0 Å². The number of aryl methyl sites for hydroxylation is 1. The quantitative estimate of drug-likeness (QED) is 0.113. The van der Waals surface area contributed by atoms with Gasteiger partial charge in [-0.05, 0) is 21.9 Å². The minimum atomic E-state index is -0.481. The van der Waals surface area contributed by atoms with Crippen molar-refractivity contribution in [2.45, 2.75) is 25.7 Å². The number of carbonyl (C=O) groups is 4. The van der Waals surface area contributed by atoms with Crippen molar-refractivity contribution in [3.8, 4) is 11.5 Å². The van der Waals surface area contributed by atoms with Gasteiger partial charge in [-0.1, -0.05) is 48.5 Å². The number of amides is 2. The molecule has 0 radical (unpaired) electrons. The van der Waals surface area contributed by atoms with Gasteiger partial charge < -0.3 is 19.3 Å². The van der Waals surface area contributed by atoms with E-state index in [1.165, 1.54) is 24.6 Å². The number of hydrogen-bond donors (Lipinski definition) is 0. The van der Waals surface area contributed by atoms with E-state index in [0.717, 1.165) is 32.7 Å². The molecule has 3 heterocycles. The zero-order chi connectivity index (χ0) is 33.9. The Kier molecular flexibility index (Phi) is 8.09. The van der Waals surface area contributed by atoms with Crippen LogP contribution in [0.5, 0.6) is 11.5 Å². The lowest BCUT2D eigenvalue weighted by atomic mass is 9.95. The predicted molar refractivity (Wildman–Crippen MR) is 184 cm³/mol. The van der Waals surface area contributed by atoms with Gasteiger partial charge in [0.1, 0.15) is 17.2 Å². The third kappa shape index (κ3) is 5.16. The van der Waals surface area contributed by atoms with Gasteiger partial charge in [0.25, 0.3) is 11.8 Å². The number of carbonyl (C=O) groups excluding carboxylic acids is 4. The monoisotopic (exact) mass is 684 g/mol. The molecule has 2 aliphatic rings. The normalized spacial score (nSPS) is 16.7. The molecule has 1 aromatic heterocycles. The van der Waals surface area contributed by atoms with Crippen molar-refractivity contribution < 1.29 is 28.7 Å². The minimum Gasteiger partial charge on any atom is -0.426 e. The first-order valence-electron chi connectivity index (χ1n) is 15.4. The number of esters is 2. The maximum atomic E-state index is 14.2. The van der Waals surface area contributed by atoms with Gasteiger partial charge in [-0.15, -0.1) is 23.2 Å². The molecule has 10 nitrogen and oxygen atoms in total. The maximum Gasteiger partial charge on any atom is 0.308 e. The van der Waals surface area contributed by atoms with E-state index in [1.807, 2.05) is 48.5 Å². The van der Waals surface area contributed by atoms with Gasteiger partial charge in [-0.2, -0.15) is 5.10 Å². The molecule has 0 N–H and O–H groups in total. The molecule has 0 aliphatic carbocycles. The zero-order valence-electron chi connectivity index (χ0n) is 26.3. The second kappa shape index (κ2) is 12.3. The molecule has 0 spiro atoms. The van der Waals surface area contributed by atoms with Crippen LogP contribution in [-0.2, 0) is 16.6 Å². The van der Waals surface area contributed by atoms with E-state index in [2.05, 4.69) is 5.10 Å². The minimum absolute atomic E-state index is 0.0663. The SMILES string of the molecule is CC(=O)Oc1cc2c(c3ccccc13)[C@H](CCl)CN2C(=O)c1cc(C(=O)N2C[C@@H](CCl)c3c2cc(OC(C)=O)c2ccccc32)n(C)n1. The van der Waals surface area contributed by atoms with E-state index >= 15 is 0 Å². The summed E-state index contributed by atoms with van der Waals surface area (Å²) in [5, 5.41) is 7.64. The summed E-state index contributed by atoms with van der Waals surface area (Å²) >= 11 is 12.9. The molecule has 7 rings (SSSR count). The van der Waals surface area contributed by atoms with Crippen LogP contribution < -0.4 is 19.3 Å². The summed E-state index contributed by atoms with van der Waals surface area (Å²) in [6, 6.07) is 19.9. The molecule has 0 bridgehead atoms. The Bertz CT molecular complexity index is 2180. The first kappa shape index (κ1) is 31.7. The Morgan fingerprint density at radius 3 is 1.58 bits per heavy atom. The Morgan fingerprint density at radius 1 is 0.708 bits per heavy atom. The lowest BCUT2D eigenvalue weighted by Gasteiger charge is -2.19. The molecule has 2 amide bonds. The highest BCUT2D eigenvalue weighted by Gasteiger charge is 2.39. The number of hydrogen-bond acceptors (Lipinski definition) is 7. The molecule has 0 unspecified atom stereocenters. The number of ether oxygens (including phenoxy) is 2. The second-order valence-corrected chi connectivity index (χ2v) is 12.6. The fourth-order valence-corrected chi connectivity index (χ4v) is 7.49. The lowest BCUT2D eigenvalue weighted by Crippen LogP contribution is -2.31. The molecule has 0 fully saturated rings. The van der Waals surface area contributed by atoms with Crippen molar-refractivity contribution in [2.75, 3.05) is 34.6 Å². The fourth-order valence-electron chi connectivity index (χ4n) is 6.99. The van der Waals surface area contributed by atoms with Gasteiger partial charge in [-0.3, -0.25) is 23.9 Å². The summed E-state index contributed by atoms with van der Waals surface area (Å²) in [5.74, 6) is -0.915. The maximum absolute atomic E-state index is 14.2. The Balaban J connectivity index is 1.27. The van der Waals surface area contributed by atoms with E-state index in [4.69, 9.17) is 32.7 Å². The molecule has 4 aromatic carbocycles. The molecule has 0 saturated carbocycles. The standard InChI is InChI=1S/C36H30Cl2N4O6/c1-19(43)47-31-13-28-33(25-10-6-4-8-23(25)31)21(15-37)17-41(28)35(45)27-12-30(40(3)39-27)36(46)42-18-22(16-38)34-26-11-7-5-9-24(26)32(14-29(34)42)48-20(2)44/h4-14,21-22H,15-18H2,1-3H3/t21-,22-/m1/s1. The van der Waals surface area contributed by atoms with E-state index in [9.17, 15) is 19.2 Å². The third-order valence-corrected chi connectivity index (χ3v) is 9.69. The van der Waals surface area contributed by atoms with Crippen molar-refractivity contribution in [1.82, 2.24) is 9.78 Å². The topological polar surface area (TPSA) is 111 Å². The van der Waals surface area contributed by atoms with Crippen LogP contribution in [0.15, 0.2) is 66.7 Å². The molecule has 5 aromatic rings. The van der Waals surface area contributed by atoms with Gasteiger partial charge >= 0.3 is 11.9 Å². The highest BCUT2D eigenvalue weighted by molar-refractivity contribution is 6.20. The first-order valence-corrected chi connectivity index (χ1v) is 16.5. The molecule has 0 saturated heterocycles. The third-order valence-electron chi connectivity index (χ3n) is 8.95. The van der Waals surface area contributed by atoms with Crippen molar-refractivity contribution in [1.29, 1.82) is 0 Å². The first-order chi connectivity index (χ1) is 23.1. The number of benzene rings is 4. The summed E-state index contributed by atoms with van der Waals surface area (Å²) in [6.45, 7) is 3.23. The Labute approximate surface area is 285 Å². The number of anilines is 2. The van der Waals surface area contributed by atoms with E-state index in [1.54, 1.807) is 29.0 Å². The lowest BCUT2D eigenvalue weighted by molar-refractivity contribution is -0.132. The van der Waals surface area contributed by atoms with Gasteiger partial charge in [0.15, 0.2) is 5.69 Å². The van der Waals surface area contributed by atoms with Gasteiger partial charge in [0.05, 0.1) is 11.4 Å². The van der Waals surface area contributed by atoms with Crippen LogP contribution >= 0.6 is 23.2 Å². The number of aromatic nitrogens is 2. The average molecular weight is 686 g/mol.